The molecule has 0 aliphatic carbocycles. The number of methoxy groups -OCH3 is 1. The Balaban J connectivity index is 0.00000320. The van der Waals surface area contributed by atoms with Gasteiger partial charge in [-0.2, -0.15) is 13.2 Å². The number of piperazine rings is 1. The van der Waals surface area contributed by atoms with Gasteiger partial charge >= 0.3 is 6.18 Å². The largest absolute Gasteiger partial charge is 0.495 e. The smallest absolute Gasteiger partial charge is 0.401 e. The van der Waals surface area contributed by atoms with Crippen LogP contribution >= 0.6 is 24.0 Å². The summed E-state index contributed by atoms with van der Waals surface area (Å²) in [4.78, 5) is 10.4. The van der Waals surface area contributed by atoms with Gasteiger partial charge in [-0.3, -0.25) is 9.89 Å². The maximum Gasteiger partial charge on any atom is 0.401 e. The SMILES string of the molecule is CN=C(NCC1CCN(CC(F)(F)F)C1)N1CCN(c2ccccc2OC)CC1.I. The number of guanidine groups is 1. The van der Waals surface area contributed by atoms with Crippen molar-refractivity contribution < 1.29 is 17.9 Å². The third kappa shape index (κ3) is 6.79. The predicted molar refractivity (Wildman–Crippen MR) is 124 cm³/mol. The molecule has 6 nitrogen and oxygen atoms in total. The summed E-state index contributed by atoms with van der Waals surface area (Å²) in [7, 11) is 3.43. The molecular formula is C20H31F3IN5O. The fourth-order valence-corrected chi connectivity index (χ4v) is 4.09. The number of nitrogens with zero attached hydrogens (tertiary/aromatic N) is 4. The van der Waals surface area contributed by atoms with E-state index in [0.29, 0.717) is 19.6 Å². The highest BCUT2D eigenvalue weighted by molar-refractivity contribution is 14.0. The summed E-state index contributed by atoms with van der Waals surface area (Å²) in [5, 5.41) is 3.37. The van der Waals surface area contributed by atoms with E-state index in [1.54, 1.807) is 14.2 Å². The fraction of sp³-hybridized carbons (Fsp3) is 0.650. The van der Waals surface area contributed by atoms with E-state index in [-0.39, 0.29) is 29.9 Å². The minimum absolute atomic E-state index is 0. The molecule has 2 aliphatic rings. The standard InChI is InChI=1S/C20H30F3N5O.HI/c1-24-19(25-13-16-7-8-26(14-16)15-20(21,22)23)28-11-9-27(10-12-28)17-5-3-4-6-18(17)29-2;/h3-6,16H,7-15H2,1-2H3,(H,24,25);1H. The van der Waals surface area contributed by atoms with Gasteiger partial charge in [0.2, 0.25) is 0 Å². The average Bonchev–Trinajstić information content (AvgIpc) is 3.14. The number of hydrogen-bond donors (Lipinski definition) is 1. The van der Waals surface area contributed by atoms with Crippen LogP contribution in [0.4, 0.5) is 18.9 Å². The highest BCUT2D eigenvalue weighted by Crippen LogP contribution is 2.28. The van der Waals surface area contributed by atoms with Gasteiger partial charge in [0.25, 0.3) is 0 Å². The molecule has 10 heteroatoms. The zero-order valence-electron chi connectivity index (χ0n) is 17.5. The first-order valence-electron chi connectivity index (χ1n) is 10.0. The number of nitrogens with one attached hydrogen (secondary N) is 1. The number of hydrogen-bond acceptors (Lipinski definition) is 4. The zero-order chi connectivity index (χ0) is 20.9. The van der Waals surface area contributed by atoms with Crippen molar-refractivity contribution in [2.75, 3.05) is 71.4 Å². The van der Waals surface area contributed by atoms with Crippen LogP contribution in [0.15, 0.2) is 29.3 Å². The van der Waals surface area contributed by atoms with Gasteiger partial charge in [-0.25, -0.2) is 0 Å². The minimum Gasteiger partial charge on any atom is -0.495 e. The second-order valence-corrected chi connectivity index (χ2v) is 7.58. The van der Waals surface area contributed by atoms with E-state index in [4.69, 9.17) is 4.74 Å². The lowest BCUT2D eigenvalue weighted by molar-refractivity contribution is -0.143. The molecule has 0 bridgehead atoms. The van der Waals surface area contributed by atoms with Crippen molar-refractivity contribution in [2.24, 2.45) is 10.9 Å². The molecule has 0 spiro atoms. The summed E-state index contributed by atoms with van der Waals surface area (Å²) in [5.41, 5.74) is 1.09. The van der Waals surface area contributed by atoms with Gasteiger partial charge in [0, 0.05) is 46.3 Å². The summed E-state index contributed by atoms with van der Waals surface area (Å²) in [6.45, 7) is 4.16. The number of para-hydroxylation sites is 2. The molecular weight excluding hydrogens is 510 g/mol. The summed E-state index contributed by atoms with van der Waals surface area (Å²) < 4.78 is 43.1. The lowest BCUT2D eigenvalue weighted by Gasteiger charge is -2.38. The van der Waals surface area contributed by atoms with Crippen molar-refractivity contribution in [3.05, 3.63) is 24.3 Å². The quantitative estimate of drug-likeness (QED) is 0.353. The van der Waals surface area contributed by atoms with Crippen LogP contribution in [-0.4, -0.2) is 88.5 Å². The molecule has 0 aromatic heterocycles. The molecule has 170 valence electrons. The molecule has 2 fully saturated rings. The van der Waals surface area contributed by atoms with Crippen LogP contribution in [0.1, 0.15) is 6.42 Å². The lowest BCUT2D eigenvalue weighted by atomic mass is 10.1. The predicted octanol–water partition coefficient (Wildman–Crippen LogP) is 2.89. The van der Waals surface area contributed by atoms with E-state index in [0.717, 1.165) is 50.0 Å². The topological polar surface area (TPSA) is 43.3 Å². The second-order valence-electron chi connectivity index (χ2n) is 7.58. The number of anilines is 1. The Hall–Kier alpha value is -1.43. The van der Waals surface area contributed by atoms with Crippen LogP contribution < -0.4 is 15.0 Å². The van der Waals surface area contributed by atoms with E-state index < -0.39 is 12.7 Å². The third-order valence-electron chi connectivity index (χ3n) is 5.54. The number of alkyl halides is 3. The van der Waals surface area contributed by atoms with Crippen molar-refractivity contribution >= 4 is 35.6 Å². The maximum absolute atomic E-state index is 12.6. The Morgan fingerprint density at radius 3 is 2.50 bits per heavy atom. The first-order chi connectivity index (χ1) is 13.9. The highest BCUT2D eigenvalue weighted by Gasteiger charge is 2.34. The molecule has 2 aliphatic heterocycles. The van der Waals surface area contributed by atoms with Crippen molar-refractivity contribution in [3.8, 4) is 5.75 Å². The van der Waals surface area contributed by atoms with E-state index in [1.165, 1.54) is 4.90 Å². The summed E-state index contributed by atoms with van der Waals surface area (Å²) in [5.74, 6) is 1.90. The Labute approximate surface area is 193 Å². The van der Waals surface area contributed by atoms with Gasteiger partial charge in [-0.1, -0.05) is 12.1 Å². The van der Waals surface area contributed by atoms with E-state index in [1.807, 2.05) is 18.2 Å². The molecule has 2 heterocycles. The minimum atomic E-state index is -4.13. The van der Waals surface area contributed by atoms with Gasteiger partial charge in [0.15, 0.2) is 5.96 Å². The average molecular weight is 541 g/mol. The van der Waals surface area contributed by atoms with Crippen molar-refractivity contribution in [2.45, 2.75) is 12.6 Å². The number of likely N-dealkylation sites (tertiary alicyclic amines) is 1. The van der Waals surface area contributed by atoms with Crippen molar-refractivity contribution in [1.29, 1.82) is 0 Å². The van der Waals surface area contributed by atoms with E-state index in [9.17, 15) is 13.2 Å². The molecule has 2 saturated heterocycles. The maximum atomic E-state index is 12.6. The lowest BCUT2D eigenvalue weighted by Crippen LogP contribution is -2.53. The highest BCUT2D eigenvalue weighted by atomic mass is 127. The monoisotopic (exact) mass is 541 g/mol. The van der Waals surface area contributed by atoms with Gasteiger partial charge in [0.1, 0.15) is 5.75 Å². The fourth-order valence-electron chi connectivity index (χ4n) is 4.09. The molecule has 0 amide bonds. The van der Waals surface area contributed by atoms with Crippen LogP contribution in [0.5, 0.6) is 5.75 Å². The van der Waals surface area contributed by atoms with Crippen LogP contribution in [0.3, 0.4) is 0 Å². The Morgan fingerprint density at radius 2 is 1.87 bits per heavy atom. The molecule has 0 saturated carbocycles. The summed E-state index contributed by atoms with van der Waals surface area (Å²) in [6.07, 6.45) is -3.35. The Kier molecular flexibility index (Phi) is 9.32. The molecule has 3 rings (SSSR count). The molecule has 1 aromatic carbocycles. The van der Waals surface area contributed by atoms with Gasteiger partial charge in [0.05, 0.1) is 19.3 Å². The molecule has 1 unspecified atom stereocenters. The third-order valence-corrected chi connectivity index (χ3v) is 5.54. The number of halogens is 4. The molecule has 1 aromatic rings. The Morgan fingerprint density at radius 1 is 1.17 bits per heavy atom. The Bertz CT molecular complexity index is 695. The van der Waals surface area contributed by atoms with Crippen LogP contribution in [0.2, 0.25) is 0 Å². The normalized spacial score (nSPS) is 20.8. The van der Waals surface area contributed by atoms with E-state index in [2.05, 4.69) is 26.2 Å². The van der Waals surface area contributed by atoms with Gasteiger partial charge in [-0.05, 0) is 31.0 Å². The molecule has 30 heavy (non-hydrogen) atoms. The second kappa shape index (κ2) is 11.3. The number of ether oxygens (including phenoxy) is 1. The first-order valence-corrected chi connectivity index (χ1v) is 10.0. The van der Waals surface area contributed by atoms with Crippen molar-refractivity contribution in [3.63, 3.8) is 0 Å². The summed E-state index contributed by atoms with van der Waals surface area (Å²) in [6, 6.07) is 8.00. The van der Waals surface area contributed by atoms with Crippen LogP contribution in [0.25, 0.3) is 0 Å². The van der Waals surface area contributed by atoms with Crippen LogP contribution in [-0.2, 0) is 0 Å². The van der Waals surface area contributed by atoms with Gasteiger partial charge in [-0.15, -0.1) is 24.0 Å². The van der Waals surface area contributed by atoms with Gasteiger partial charge < -0.3 is 19.9 Å². The number of aliphatic imine (C=N–C) groups is 1. The summed E-state index contributed by atoms with van der Waals surface area (Å²) >= 11 is 0. The molecule has 0 radical (unpaired) electrons. The number of rotatable bonds is 5. The molecule has 1 N–H and O–H groups in total. The zero-order valence-corrected chi connectivity index (χ0v) is 19.8. The van der Waals surface area contributed by atoms with Crippen molar-refractivity contribution in [1.82, 2.24) is 15.1 Å². The molecule has 1 atom stereocenters. The van der Waals surface area contributed by atoms with Crippen LogP contribution in [0, 0.1) is 5.92 Å². The number of benzene rings is 1. The first kappa shape index (κ1) is 24.8. The van der Waals surface area contributed by atoms with E-state index >= 15 is 0 Å².